The molecule has 90 valence electrons. The van der Waals surface area contributed by atoms with Crippen molar-refractivity contribution in [3.8, 4) is 12.3 Å². The smallest absolute Gasteiger partial charge is 0.237 e. The van der Waals surface area contributed by atoms with Crippen molar-refractivity contribution in [3.63, 3.8) is 0 Å². The molecule has 4 nitrogen and oxygen atoms in total. The van der Waals surface area contributed by atoms with E-state index in [9.17, 15) is 9.90 Å². The summed E-state index contributed by atoms with van der Waals surface area (Å²) < 4.78 is 0. The molecule has 4 heteroatoms. The number of nitrogens with two attached hydrogens (primary N) is 1. The average Bonchev–Trinajstić information content (AvgIpc) is 2.75. The zero-order valence-corrected chi connectivity index (χ0v) is 9.54. The van der Waals surface area contributed by atoms with Crippen LogP contribution in [0.5, 0.6) is 0 Å². The van der Waals surface area contributed by atoms with Crippen molar-refractivity contribution < 1.29 is 9.90 Å². The molecular weight excluding hydrogens is 204 g/mol. The van der Waals surface area contributed by atoms with Gasteiger partial charge >= 0.3 is 0 Å². The van der Waals surface area contributed by atoms with E-state index < -0.39 is 6.04 Å². The highest BCUT2D eigenvalue weighted by molar-refractivity contribution is 5.81. The van der Waals surface area contributed by atoms with Gasteiger partial charge in [-0.25, -0.2) is 0 Å². The quantitative estimate of drug-likeness (QED) is 0.576. The summed E-state index contributed by atoms with van der Waals surface area (Å²) >= 11 is 0. The van der Waals surface area contributed by atoms with Gasteiger partial charge in [0.05, 0.1) is 12.6 Å². The maximum absolute atomic E-state index is 11.5. The van der Waals surface area contributed by atoms with Crippen LogP contribution >= 0.6 is 0 Å². The van der Waals surface area contributed by atoms with Gasteiger partial charge in [0.25, 0.3) is 0 Å². The van der Waals surface area contributed by atoms with Gasteiger partial charge < -0.3 is 16.2 Å². The van der Waals surface area contributed by atoms with Gasteiger partial charge in [-0.05, 0) is 12.8 Å². The van der Waals surface area contributed by atoms with Crippen LogP contribution in [0.2, 0.25) is 0 Å². The van der Waals surface area contributed by atoms with Crippen LogP contribution in [-0.2, 0) is 4.79 Å². The summed E-state index contributed by atoms with van der Waals surface area (Å²) in [6.45, 7) is 0.623. The first kappa shape index (κ1) is 13.0. The van der Waals surface area contributed by atoms with Crippen LogP contribution < -0.4 is 11.1 Å². The minimum absolute atomic E-state index is 0.123. The van der Waals surface area contributed by atoms with Crippen LogP contribution in [0.15, 0.2) is 0 Å². The number of terminal acetylenes is 1. The second-order valence-corrected chi connectivity index (χ2v) is 4.60. The minimum Gasteiger partial charge on any atom is -0.396 e. The molecule has 0 heterocycles. The molecule has 1 aliphatic carbocycles. The molecule has 0 radical (unpaired) electrons. The molecule has 1 amide bonds. The summed E-state index contributed by atoms with van der Waals surface area (Å²) in [4.78, 5) is 11.5. The number of aliphatic hydroxyl groups excluding tert-OH is 1. The predicted octanol–water partition coefficient (Wildman–Crippen LogP) is 0.00590. The molecule has 0 aromatic rings. The van der Waals surface area contributed by atoms with Crippen molar-refractivity contribution in [2.75, 3.05) is 13.2 Å². The standard InChI is InChI=1S/C12H20N2O2/c1-2-5-10(13)11(16)14-8-12(9-15)6-3-4-7-12/h1,10,15H,3-9,13H2,(H,14,16). The molecule has 1 rings (SSSR count). The molecule has 0 aromatic heterocycles. The highest BCUT2D eigenvalue weighted by Gasteiger charge is 2.33. The van der Waals surface area contributed by atoms with Crippen LogP contribution in [0, 0.1) is 17.8 Å². The van der Waals surface area contributed by atoms with E-state index in [0.717, 1.165) is 25.7 Å². The van der Waals surface area contributed by atoms with E-state index in [4.69, 9.17) is 12.2 Å². The molecule has 1 unspecified atom stereocenters. The lowest BCUT2D eigenvalue weighted by atomic mass is 9.87. The number of hydrogen-bond donors (Lipinski definition) is 3. The number of nitrogens with one attached hydrogen (secondary N) is 1. The Hall–Kier alpha value is -1.05. The minimum atomic E-state index is -0.637. The number of hydrogen-bond acceptors (Lipinski definition) is 3. The molecule has 16 heavy (non-hydrogen) atoms. The molecule has 1 saturated carbocycles. The van der Waals surface area contributed by atoms with Crippen molar-refractivity contribution in [1.82, 2.24) is 5.32 Å². The fourth-order valence-corrected chi connectivity index (χ4v) is 2.14. The van der Waals surface area contributed by atoms with E-state index in [-0.39, 0.29) is 24.3 Å². The van der Waals surface area contributed by atoms with Gasteiger partial charge in [-0.3, -0.25) is 4.79 Å². The zero-order valence-electron chi connectivity index (χ0n) is 9.54. The van der Waals surface area contributed by atoms with Gasteiger partial charge in [0, 0.05) is 18.4 Å². The average molecular weight is 224 g/mol. The zero-order chi connectivity index (χ0) is 12.0. The van der Waals surface area contributed by atoms with E-state index in [2.05, 4.69) is 11.2 Å². The molecule has 1 atom stereocenters. The molecule has 0 aromatic carbocycles. The maximum Gasteiger partial charge on any atom is 0.237 e. The largest absolute Gasteiger partial charge is 0.396 e. The van der Waals surface area contributed by atoms with Crippen LogP contribution in [0.4, 0.5) is 0 Å². The lowest BCUT2D eigenvalue weighted by molar-refractivity contribution is -0.122. The highest BCUT2D eigenvalue weighted by Crippen LogP contribution is 2.36. The normalized spacial score (nSPS) is 20.1. The van der Waals surface area contributed by atoms with Gasteiger partial charge in [-0.1, -0.05) is 12.8 Å². The van der Waals surface area contributed by atoms with Gasteiger partial charge in [-0.15, -0.1) is 12.3 Å². The Labute approximate surface area is 96.6 Å². The number of aliphatic hydroxyl groups is 1. The van der Waals surface area contributed by atoms with E-state index in [1.165, 1.54) is 0 Å². The van der Waals surface area contributed by atoms with Crippen LogP contribution in [0.3, 0.4) is 0 Å². The molecule has 0 spiro atoms. The molecule has 1 aliphatic rings. The fourth-order valence-electron chi connectivity index (χ4n) is 2.14. The topological polar surface area (TPSA) is 75.4 Å². The number of amides is 1. The summed E-state index contributed by atoms with van der Waals surface area (Å²) in [6, 6.07) is -0.637. The Balaban J connectivity index is 2.38. The third kappa shape index (κ3) is 3.22. The van der Waals surface area contributed by atoms with Crippen molar-refractivity contribution in [2.45, 2.75) is 38.1 Å². The second kappa shape index (κ2) is 5.88. The second-order valence-electron chi connectivity index (χ2n) is 4.60. The Morgan fingerprint density at radius 1 is 1.56 bits per heavy atom. The van der Waals surface area contributed by atoms with Crippen molar-refractivity contribution in [3.05, 3.63) is 0 Å². The number of carbonyl (C=O) groups excluding carboxylic acids is 1. The van der Waals surface area contributed by atoms with Gasteiger partial charge in [0.15, 0.2) is 0 Å². The summed E-state index contributed by atoms with van der Waals surface area (Å²) in [5.74, 6) is 2.14. The molecule has 0 aliphatic heterocycles. The first-order valence-corrected chi connectivity index (χ1v) is 5.71. The van der Waals surface area contributed by atoms with Crippen molar-refractivity contribution in [1.29, 1.82) is 0 Å². The Bertz CT molecular complexity index is 277. The molecular formula is C12H20N2O2. The van der Waals surface area contributed by atoms with Crippen molar-refractivity contribution in [2.24, 2.45) is 11.1 Å². The number of carbonyl (C=O) groups is 1. The first-order valence-electron chi connectivity index (χ1n) is 5.71. The fraction of sp³-hybridized carbons (Fsp3) is 0.750. The van der Waals surface area contributed by atoms with Crippen LogP contribution in [-0.4, -0.2) is 30.2 Å². The van der Waals surface area contributed by atoms with Crippen molar-refractivity contribution >= 4 is 5.91 Å². The summed E-state index contributed by atoms with van der Waals surface area (Å²) in [5.41, 5.74) is 5.45. The Morgan fingerprint density at radius 3 is 2.69 bits per heavy atom. The third-order valence-corrected chi connectivity index (χ3v) is 3.31. The summed E-state index contributed by atoms with van der Waals surface area (Å²) in [6.07, 6.45) is 9.50. The van der Waals surface area contributed by atoms with E-state index in [0.29, 0.717) is 6.54 Å². The monoisotopic (exact) mass is 224 g/mol. The van der Waals surface area contributed by atoms with E-state index in [1.54, 1.807) is 0 Å². The Kier molecular flexibility index (Phi) is 4.78. The third-order valence-electron chi connectivity index (χ3n) is 3.31. The lowest BCUT2D eigenvalue weighted by Crippen LogP contribution is -2.45. The van der Waals surface area contributed by atoms with E-state index in [1.807, 2.05) is 0 Å². The summed E-state index contributed by atoms with van der Waals surface area (Å²) in [5, 5.41) is 12.1. The molecule has 0 bridgehead atoms. The van der Waals surface area contributed by atoms with E-state index >= 15 is 0 Å². The van der Waals surface area contributed by atoms with Crippen LogP contribution in [0.1, 0.15) is 32.1 Å². The van der Waals surface area contributed by atoms with Crippen LogP contribution in [0.25, 0.3) is 0 Å². The molecule has 1 fully saturated rings. The maximum atomic E-state index is 11.5. The number of rotatable bonds is 5. The van der Waals surface area contributed by atoms with Gasteiger partial charge in [0.1, 0.15) is 0 Å². The SMILES string of the molecule is C#CCC(N)C(=O)NCC1(CO)CCCC1. The predicted molar refractivity (Wildman–Crippen MR) is 62.4 cm³/mol. The van der Waals surface area contributed by atoms with Gasteiger partial charge in [0.2, 0.25) is 5.91 Å². The molecule has 4 N–H and O–H groups in total. The lowest BCUT2D eigenvalue weighted by Gasteiger charge is -2.27. The first-order chi connectivity index (χ1) is 7.63. The summed E-state index contributed by atoms with van der Waals surface area (Å²) in [7, 11) is 0. The van der Waals surface area contributed by atoms with Gasteiger partial charge in [-0.2, -0.15) is 0 Å². The molecule has 0 saturated heterocycles. The Morgan fingerprint density at radius 2 is 2.19 bits per heavy atom. The highest BCUT2D eigenvalue weighted by atomic mass is 16.3.